The average molecular weight is 396 g/mol. The van der Waals surface area contributed by atoms with Gasteiger partial charge in [-0.25, -0.2) is 0 Å². The summed E-state index contributed by atoms with van der Waals surface area (Å²) in [6, 6.07) is 10.2. The van der Waals surface area contributed by atoms with Crippen molar-refractivity contribution in [1.82, 2.24) is 9.47 Å². The number of carbonyl (C=O) groups excluding carboxylic acids is 1. The number of aromatic nitrogens is 1. The Labute approximate surface area is 171 Å². The Kier molecular flexibility index (Phi) is 4.74. The smallest absolute Gasteiger partial charge is 0.251 e. The standard InChI is InChI=1S/C23H29N3O3/c1-25-13-5-7-18(25)19-8-6-14-26(19)16-22(27)24-17-9-10-20-21(15-17)29-23(28-20)11-3-2-4-12-23/h5,7,9-10,13,15,19H,2-4,6,8,11-12,14,16H2,1H3,(H,24,27)/t19-/m0/s1. The third-order valence-electron chi connectivity index (χ3n) is 6.47. The van der Waals surface area contributed by atoms with Crippen LogP contribution in [0.15, 0.2) is 36.5 Å². The fourth-order valence-electron chi connectivity index (χ4n) is 5.02. The molecule has 1 aliphatic carbocycles. The molecule has 1 aromatic carbocycles. The Morgan fingerprint density at radius 2 is 1.97 bits per heavy atom. The summed E-state index contributed by atoms with van der Waals surface area (Å²) in [4.78, 5) is 15.0. The highest BCUT2D eigenvalue weighted by Crippen LogP contribution is 2.46. The molecule has 154 valence electrons. The number of hydrogen-bond donors (Lipinski definition) is 1. The number of ether oxygens (including phenoxy) is 2. The average Bonchev–Trinajstić information content (AvgIpc) is 3.40. The molecule has 6 nitrogen and oxygen atoms in total. The number of nitrogens with zero attached hydrogens (tertiary/aromatic N) is 2. The van der Waals surface area contributed by atoms with Crippen LogP contribution in [0.4, 0.5) is 5.69 Å². The van der Waals surface area contributed by atoms with E-state index in [1.807, 2.05) is 18.2 Å². The van der Waals surface area contributed by atoms with Gasteiger partial charge in [0.25, 0.3) is 5.79 Å². The number of nitrogens with one attached hydrogen (secondary N) is 1. The first-order valence-corrected chi connectivity index (χ1v) is 10.8. The maximum absolute atomic E-state index is 12.7. The molecule has 5 rings (SSSR count). The van der Waals surface area contributed by atoms with Gasteiger partial charge >= 0.3 is 0 Å². The van der Waals surface area contributed by atoms with Gasteiger partial charge in [0.05, 0.1) is 12.6 Å². The molecule has 2 fully saturated rings. The highest BCUT2D eigenvalue weighted by Gasteiger charge is 2.42. The maximum atomic E-state index is 12.7. The molecule has 3 aliphatic rings. The van der Waals surface area contributed by atoms with E-state index >= 15 is 0 Å². The molecule has 1 saturated heterocycles. The van der Waals surface area contributed by atoms with Crippen molar-refractivity contribution < 1.29 is 14.3 Å². The second-order valence-corrected chi connectivity index (χ2v) is 8.56. The molecule has 0 radical (unpaired) electrons. The monoisotopic (exact) mass is 395 g/mol. The second-order valence-electron chi connectivity index (χ2n) is 8.56. The molecule has 1 aromatic heterocycles. The van der Waals surface area contributed by atoms with E-state index in [9.17, 15) is 4.79 Å². The van der Waals surface area contributed by atoms with Gasteiger partial charge in [0, 0.05) is 43.5 Å². The van der Waals surface area contributed by atoms with Gasteiger partial charge < -0.3 is 19.4 Å². The summed E-state index contributed by atoms with van der Waals surface area (Å²) in [6.07, 6.45) is 9.65. The minimum absolute atomic E-state index is 0.0114. The Bertz CT molecular complexity index is 901. The number of aryl methyl sites for hydroxylation is 1. The lowest BCUT2D eigenvalue weighted by atomic mass is 9.94. The summed E-state index contributed by atoms with van der Waals surface area (Å²) in [5, 5.41) is 3.05. The van der Waals surface area contributed by atoms with E-state index in [0.29, 0.717) is 12.6 Å². The lowest BCUT2D eigenvalue weighted by Crippen LogP contribution is -2.40. The van der Waals surface area contributed by atoms with Gasteiger partial charge in [0.15, 0.2) is 11.5 Å². The number of benzene rings is 1. The van der Waals surface area contributed by atoms with E-state index in [1.54, 1.807) is 0 Å². The van der Waals surface area contributed by atoms with Crippen molar-refractivity contribution in [3.05, 3.63) is 42.2 Å². The summed E-state index contributed by atoms with van der Waals surface area (Å²) in [5.41, 5.74) is 2.04. The molecule has 1 amide bonds. The van der Waals surface area contributed by atoms with Crippen molar-refractivity contribution in [2.45, 2.75) is 56.8 Å². The highest BCUT2D eigenvalue weighted by atomic mass is 16.7. The van der Waals surface area contributed by atoms with Crippen LogP contribution in [0.1, 0.15) is 56.7 Å². The van der Waals surface area contributed by atoms with Crippen LogP contribution >= 0.6 is 0 Å². The zero-order chi connectivity index (χ0) is 19.8. The van der Waals surface area contributed by atoms with Gasteiger partial charge in [-0.05, 0) is 56.5 Å². The van der Waals surface area contributed by atoms with E-state index < -0.39 is 5.79 Å². The fourth-order valence-corrected chi connectivity index (χ4v) is 5.02. The van der Waals surface area contributed by atoms with Gasteiger partial charge in [-0.1, -0.05) is 6.42 Å². The topological polar surface area (TPSA) is 55.7 Å². The van der Waals surface area contributed by atoms with Crippen LogP contribution < -0.4 is 14.8 Å². The second kappa shape index (κ2) is 7.41. The van der Waals surface area contributed by atoms with Crippen LogP contribution in [0, 0.1) is 0 Å². The van der Waals surface area contributed by atoms with Crippen LogP contribution in [-0.4, -0.2) is 34.3 Å². The molecule has 29 heavy (non-hydrogen) atoms. The molecule has 1 N–H and O–H groups in total. The van der Waals surface area contributed by atoms with Crippen molar-refractivity contribution >= 4 is 11.6 Å². The zero-order valence-electron chi connectivity index (χ0n) is 17.0. The quantitative estimate of drug-likeness (QED) is 0.842. The molecule has 2 aromatic rings. The van der Waals surface area contributed by atoms with Crippen molar-refractivity contribution in [2.24, 2.45) is 7.05 Å². The largest absolute Gasteiger partial charge is 0.448 e. The molecule has 0 unspecified atom stereocenters. The Morgan fingerprint density at radius 1 is 1.14 bits per heavy atom. The first-order valence-electron chi connectivity index (χ1n) is 10.8. The van der Waals surface area contributed by atoms with Crippen LogP contribution in [0.3, 0.4) is 0 Å². The van der Waals surface area contributed by atoms with E-state index in [2.05, 4.69) is 40.2 Å². The normalized spacial score (nSPS) is 22.9. The minimum atomic E-state index is -0.485. The van der Waals surface area contributed by atoms with Crippen molar-refractivity contribution in [3.8, 4) is 11.5 Å². The van der Waals surface area contributed by atoms with Crippen LogP contribution in [0.2, 0.25) is 0 Å². The van der Waals surface area contributed by atoms with Crippen LogP contribution in [-0.2, 0) is 11.8 Å². The zero-order valence-corrected chi connectivity index (χ0v) is 17.0. The molecule has 1 atom stereocenters. The van der Waals surface area contributed by atoms with Gasteiger partial charge in [0.2, 0.25) is 5.91 Å². The summed E-state index contributed by atoms with van der Waals surface area (Å²) < 4.78 is 14.5. The third kappa shape index (κ3) is 3.62. The predicted octanol–water partition coefficient (Wildman–Crippen LogP) is 4.23. The maximum Gasteiger partial charge on any atom is 0.251 e. The van der Waals surface area contributed by atoms with Gasteiger partial charge in [0.1, 0.15) is 0 Å². The van der Waals surface area contributed by atoms with Crippen LogP contribution in [0.25, 0.3) is 0 Å². The van der Waals surface area contributed by atoms with Crippen LogP contribution in [0.5, 0.6) is 11.5 Å². The molecule has 1 spiro atoms. The minimum Gasteiger partial charge on any atom is -0.448 e. The third-order valence-corrected chi connectivity index (χ3v) is 6.47. The molecular formula is C23H29N3O3. The molecule has 6 heteroatoms. The highest BCUT2D eigenvalue weighted by molar-refractivity contribution is 5.92. The number of likely N-dealkylation sites (tertiary alicyclic amines) is 1. The van der Waals surface area contributed by atoms with Gasteiger partial charge in [-0.15, -0.1) is 0 Å². The first kappa shape index (κ1) is 18.6. The summed E-state index contributed by atoms with van der Waals surface area (Å²) in [7, 11) is 2.07. The molecule has 1 saturated carbocycles. The summed E-state index contributed by atoms with van der Waals surface area (Å²) in [6.45, 7) is 1.35. The molecule has 2 aliphatic heterocycles. The Morgan fingerprint density at radius 3 is 2.76 bits per heavy atom. The number of anilines is 1. The molecule has 0 bridgehead atoms. The number of fused-ring (bicyclic) bond motifs is 1. The predicted molar refractivity (Wildman–Crippen MR) is 111 cm³/mol. The van der Waals surface area contributed by atoms with Gasteiger partial charge in [-0.3, -0.25) is 9.69 Å². The lowest BCUT2D eigenvalue weighted by molar-refractivity contribution is -0.117. The van der Waals surface area contributed by atoms with Crippen molar-refractivity contribution in [1.29, 1.82) is 0 Å². The van der Waals surface area contributed by atoms with E-state index in [-0.39, 0.29) is 5.91 Å². The van der Waals surface area contributed by atoms with Crippen molar-refractivity contribution in [2.75, 3.05) is 18.4 Å². The fraction of sp³-hybridized carbons (Fsp3) is 0.522. The summed E-state index contributed by atoms with van der Waals surface area (Å²) in [5.74, 6) is 1.05. The van der Waals surface area contributed by atoms with Crippen molar-refractivity contribution in [3.63, 3.8) is 0 Å². The number of hydrogen-bond acceptors (Lipinski definition) is 4. The molecule has 3 heterocycles. The lowest BCUT2D eigenvalue weighted by Gasteiger charge is -2.31. The first-order chi connectivity index (χ1) is 14.1. The van der Waals surface area contributed by atoms with E-state index in [4.69, 9.17) is 9.47 Å². The molecular weight excluding hydrogens is 366 g/mol. The number of amides is 1. The summed E-state index contributed by atoms with van der Waals surface area (Å²) >= 11 is 0. The van der Waals surface area contributed by atoms with Gasteiger partial charge in [-0.2, -0.15) is 0 Å². The number of rotatable bonds is 4. The Hall–Kier alpha value is -2.47. The Balaban J connectivity index is 1.23. The van der Waals surface area contributed by atoms with E-state index in [1.165, 1.54) is 12.1 Å². The van der Waals surface area contributed by atoms with E-state index in [0.717, 1.165) is 62.3 Å². The SMILES string of the molecule is Cn1cccc1[C@@H]1CCCN1CC(=O)Nc1ccc2c(c1)OC1(CCCCC1)O2. The number of carbonyl (C=O) groups is 1.